The molecule has 8 heteroatoms. The minimum absolute atomic E-state index is 0. The maximum absolute atomic E-state index is 13.9. The van der Waals surface area contributed by atoms with Crippen molar-refractivity contribution in [3.8, 4) is 17.2 Å². The number of ether oxygens (including phenoxy) is 2. The van der Waals surface area contributed by atoms with E-state index in [1.807, 2.05) is 13.8 Å². The number of hydrogen-bond acceptors (Lipinski definition) is 4. The van der Waals surface area contributed by atoms with Crippen molar-refractivity contribution in [2.75, 3.05) is 20.8 Å². The summed E-state index contributed by atoms with van der Waals surface area (Å²) in [6.45, 7) is 4.80. The molecule has 1 atom stereocenters. The Bertz CT molecular complexity index is 802. The highest BCUT2D eigenvalue weighted by Crippen LogP contribution is 2.24. The first-order valence-electron chi connectivity index (χ1n) is 8.72. The molecule has 0 amide bonds. The quantitative estimate of drug-likeness (QED) is 0.303. The SMILES string of the molecule is CCNC(=NCc1cc(OC)ccc1O)NC(C)c1ccc(OC)c(F)c1.I. The van der Waals surface area contributed by atoms with Crippen LogP contribution >= 0.6 is 24.0 Å². The van der Waals surface area contributed by atoms with E-state index in [1.165, 1.54) is 13.2 Å². The highest BCUT2D eigenvalue weighted by atomic mass is 127. The minimum Gasteiger partial charge on any atom is -0.508 e. The number of phenols is 1. The molecule has 1 unspecified atom stereocenters. The number of guanidine groups is 1. The summed E-state index contributed by atoms with van der Waals surface area (Å²) in [6.07, 6.45) is 0. The summed E-state index contributed by atoms with van der Waals surface area (Å²) in [5, 5.41) is 16.4. The molecule has 0 aromatic heterocycles. The molecule has 0 saturated carbocycles. The Balaban J connectivity index is 0.00000392. The third-order valence-electron chi connectivity index (χ3n) is 4.07. The zero-order valence-corrected chi connectivity index (χ0v) is 18.8. The van der Waals surface area contributed by atoms with Crippen LogP contribution in [0.3, 0.4) is 0 Å². The Hall–Kier alpha value is -2.23. The van der Waals surface area contributed by atoms with E-state index < -0.39 is 5.82 Å². The van der Waals surface area contributed by atoms with Gasteiger partial charge in [0.1, 0.15) is 11.5 Å². The van der Waals surface area contributed by atoms with Crippen LogP contribution in [0.2, 0.25) is 0 Å². The highest BCUT2D eigenvalue weighted by Gasteiger charge is 2.11. The molecule has 0 saturated heterocycles. The van der Waals surface area contributed by atoms with Crippen molar-refractivity contribution >= 4 is 29.9 Å². The predicted octanol–water partition coefficient (Wildman–Crippen LogP) is 3.98. The van der Waals surface area contributed by atoms with Crippen molar-refractivity contribution in [1.82, 2.24) is 10.6 Å². The monoisotopic (exact) mass is 503 g/mol. The van der Waals surface area contributed by atoms with Crippen LogP contribution in [-0.2, 0) is 6.54 Å². The molecule has 0 aliphatic heterocycles. The Labute approximate surface area is 182 Å². The van der Waals surface area contributed by atoms with Crippen LogP contribution in [0.15, 0.2) is 41.4 Å². The van der Waals surface area contributed by atoms with Crippen LogP contribution in [0.25, 0.3) is 0 Å². The first-order chi connectivity index (χ1) is 13.0. The lowest BCUT2D eigenvalue weighted by molar-refractivity contribution is 0.386. The number of hydrogen-bond donors (Lipinski definition) is 3. The van der Waals surface area contributed by atoms with Crippen LogP contribution in [0.1, 0.15) is 31.0 Å². The van der Waals surface area contributed by atoms with E-state index in [9.17, 15) is 9.50 Å². The predicted molar refractivity (Wildman–Crippen MR) is 119 cm³/mol. The minimum atomic E-state index is -0.410. The smallest absolute Gasteiger partial charge is 0.192 e. The maximum atomic E-state index is 13.9. The van der Waals surface area contributed by atoms with E-state index in [0.717, 1.165) is 5.56 Å². The number of aromatic hydroxyl groups is 1. The third kappa shape index (κ3) is 6.43. The summed E-state index contributed by atoms with van der Waals surface area (Å²) in [6, 6.07) is 9.66. The molecule has 6 nitrogen and oxygen atoms in total. The van der Waals surface area contributed by atoms with Crippen LogP contribution in [0.5, 0.6) is 17.2 Å². The standard InChI is InChI=1S/C20H26FN3O3.HI/c1-5-22-20(23-12-15-10-16(26-3)7-8-18(15)25)24-13(2)14-6-9-19(27-4)17(21)11-14;/h6-11,13,25H,5,12H2,1-4H3,(H2,22,23,24);1H. The molecular weight excluding hydrogens is 476 g/mol. The summed E-state index contributed by atoms with van der Waals surface area (Å²) in [4.78, 5) is 4.50. The van der Waals surface area contributed by atoms with Gasteiger partial charge in [-0.05, 0) is 49.7 Å². The van der Waals surface area contributed by atoms with Gasteiger partial charge in [0.25, 0.3) is 0 Å². The van der Waals surface area contributed by atoms with E-state index in [4.69, 9.17) is 9.47 Å². The molecule has 3 N–H and O–H groups in total. The van der Waals surface area contributed by atoms with Gasteiger partial charge in [-0.3, -0.25) is 0 Å². The fourth-order valence-corrected chi connectivity index (χ4v) is 2.54. The molecule has 2 rings (SSSR count). The number of aliphatic imine (C=N–C) groups is 1. The van der Waals surface area contributed by atoms with Crippen LogP contribution in [0.4, 0.5) is 4.39 Å². The van der Waals surface area contributed by atoms with E-state index in [-0.39, 0.29) is 48.1 Å². The number of methoxy groups -OCH3 is 2. The maximum Gasteiger partial charge on any atom is 0.192 e. The van der Waals surface area contributed by atoms with Crippen molar-refractivity contribution in [3.05, 3.63) is 53.3 Å². The van der Waals surface area contributed by atoms with E-state index in [1.54, 1.807) is 37.4 Å². The molecule has 0 fully saturated rings. The number of halogens is 2. The lowest BCUT2D eigenvalue weighted by Crippen LogP contribution is -2.38. The van der Waals surface area contributed by atoms with E-state index >= 15 is 0 Å². The van der Waals surface area contributed by atoms with Crippen molar-refractivity contribution in [2.45, 2.75) is 26.4 Å². The van der Waals surface area contributed by atoms with E-state index in [2.05, 4.69) is 15.6 Å². The van der Waals surface area contributed by atoms with Crippen LogP contribution in [-0.4, -0.2) is 31.8 Å². The van der Waals surface area contributed by atoms with Crippen molar-refractivity contribution in [2.24, 2.45) is 4.99 Å². The van der Waals surface area contributed by atoms with Crippen molar-refractivity contribution < 1.29 is 19.0 Å². The fraction of sp³-hybridized carbons (Fsp3) is 0.350. The largest absolute Gasteiger partial charge is 0.508 e. The number of benzene rings is 2. The number of nitrogens with zero attached hydrogens (tertiary/aromatic N) is 1. The normalized spacial score (nSPS) is 12.0. The molecule has 0 bridgehead atoms. The van der Waals surface area contributed by atoms with Crippen molar-refractivity contribution in [1.29, 1.82) is 0 Å². The Kier molecular flexibility index (Phi) is 9.84. The molecule has 0 heterocycles. The molecule has 0 aliphatic carbocycles. The number of nitrogens with one attached hydrogen (secondary N) is 2. The molecule has 2 aromatic rings. The third-order valence-corrected chi connectivity index (χ3v) is 4.07. The van der Waals surface area contributed by atoms with Gasteiger partial charge in [-0.1, -0.05) is 6.07 Å². The van der Waals surface area contributed by atoms with Gasteiger partial charge >= 0.3 is 0 Å². The van der Waals surface area contributed by atoms with Crippen LogP contribution < -0.4 is 20.1 Å². The molecular formula is C20H27FIN3O3. The number of rotatable bonds is 7. The molecule has 0 radical (unpaired) electrons. The summed E-state index contributed by atoms with van der Waals surface area (Å²) in [5.41, 5.74) is 1.41. The molecule has 2 aromatic carbocycles. The second-order valence-corrected chi connectivity index (χ2v) is 5.95. The van der Waals surface area contributed by atoms with Gasteiger partial charge in [0, 0.05) is 12.1 Å². The molecule has 28 heavy (non-hydrogen) atoms. The van der Waals surface area contributed by atoms with Gasteiger partial charge in [-0.25, -0.2) is 9.38 Å². The van der Waals surface area contributed by atoms with E-state index in [0.29, 0.717) is 23.8 Å². The summed E-state index contributed by atoms with van der Waals surface area (Å²) in [7, 11) is 3.00. The topological polar surface area (TPSA) is 75.1 Å². The summed E-state index contributed by atoms with van der Waals surface area (Å²) < 4.78 is 24.1. The van der Waals surface area contributed by atoms with Crippen molar-refractivity contribution in [3.63, 3.8) is 0 Å². The average Bonchev–Trinajstić information content (AvgIpc) is 2.67. The zero-order valence-electron chi connectivity index (χ0n) is 16.5. The first-order valence-corrected chi connectivity index (χ1v) is 8.72. The Morgan fingerprint density at radius 1 is 1.18 bits per heavy atom. The van der Waals surface area contributed by atoms with Crippen LogP contribution in [0, 0.1) is 5.82 Å². The number of phenolic OH excluding ortho intramolecular Hbond substituents is 1. The fourth-order valence-electron chi connectivity index (χ4n) is 2.54. The first kappa shape index (κ1) is 23.8. The lowest BCUT2D eigenvalue weighted by Gasteiger charge is -2.19. The van der Waals surface area contributed by atoms with Gasteiger partial charge in [0.05, 0.1) is 26.8 Å². The summed E-state index contributed by atoms with van der Waals surface area (Å²) >= 11 is 0. The van der Waals surface area contributed by atoms with Gasteiger partial charge in [0.2, 0.25) is 0 Å². The Morgan fingerprint density at radius 2 is 1.93 bits per heavy atom. The lowest BCUT2D eigenvalue weighted by atomic mass is 10.1. The second-order valence-electron chi connectivity index (χ2n) is 5.95. The Morgan fingerprint density at radius 3 is 2.54 bits per heavy atom. The molecule has 154 valence electrons. The highest BCUT2D eigenvalue weighted by molar-refractivity contribution is 14.0. The average molecular weight is 503 g/mol. The zero-order chi connectivity index (χ0) is 19.8. The van der Waals surface area contributed by atoms with Gasteiger partial charge in [-0.15, -0.1) is 24.0 Å². The second kappa shape index (κ2) is 11.6. The molecule has 0 spiro atoms. The molecule has 0 aliphatic rings. The van der Waals surface area contributed by atoms with Gasteiger partial charge < -0.3 is 25.2 Å². The van der Waals surface area contributed by atoms with Gasteiger partial charge in [-0.2, -0.15) is 0 Å². The summed E-state index contributed by atoms with van der Waals surface area (Å²) in [5.74, 6) is 1.16. The van der Waals surface area contributed by atoms with Gasteiger partial charge in [0.15, 0.2) is 17.5 Å².